The van der Waals surface area contributed by atoms with Crippen LogP contribution in [0, 0.1) is 0 Å². The van der Waals surface area contributed by atoms with E-state index in [4.69, 9.17) is 2.74 Å². The fourth-order valence-corrected chi connectivity index (χ4v) is 6.47. The van der Waals surface area contributed by atoms with Crippen LogP contribution in [0.3, 0.4) is 0 Å². The van der Waals surface area contributed by atoms with E-state index < -0.39 is 89.6 Å². The van der Waals surface area contributed by atoms with Crippen LogP contribution in [0.5, 0.6) is 0 Å². The van der Waals surface area contributed by atoms with Crippen molar-refractivity contribution in [3.05, 3.63) is 212 Å². The lowest BCUT2D eigenvalue weighted by molar-refractivity contribution is 1.28. The van der Waals surface area contributed by atoms with E-state index >= 15 is 0 Å². The zero-order valence-corrected chi connectivity index (χ0v) is 27.2. The highest BCUT2D eigenvalue weighted by Crippen LogP contribution is 2.42. The van der Waals surface area contributed by atoms with Crippen molar-refractivity contribution in [3.63, 3.8) is 0 Å². The highest BCUT2D eigenvalue weighted by atomic mass is 15.1. The Balaban J connectivity index is 1.41. The van der Waals surface area contributed by atoms with Crippen molar-refractivity contribution in [2.75, 3.05) is 4.90 Å². The van der Waals surface area contributed by atoms with Crippen molar-refractivity contribution in [1.29, 1.82) is 0 Å². The third-order valence-electron chi connectivity index (χ3n) is 8.89. The molecule has 0 aliphatic rings. The molecule has 51 heavy (non-hydrogen) atoms. The van der Waals surface area contributed by atoms with Crippen LogP contribution < -0.4 is 4.90 Å². The molecule has 0 heterocycles. The summed E-state index contributed by atoms with van der Waals surface area (Å²) in [6.45, 7) is 0. The largest absolute Gasteiger partial charge is 0.310 e. The van der Waals surface area contributed by atoms with Crippen molar-refractivity contribution >= 4 is 38.6 Å². The summed E-state index contributed by atoms with van der Waals surface area (Å²) < 4.78 is 114. The van der Waals surface area contributed by atoms with Gasteiger partial charge in [-0.1, -0.05) is 176 Å². The van der Waals surface area contributed by atoms with Crippen LogP contribution in [0.4, 0.5) is 17.1 Å². The first-order chi connectivity index (χ1) is 30.3. The summed E-state index contributed by atoms with van der Waals surface area (Å²) in [5.41, 5.74) is 0.792. The van der Waals surface area contributed by atoms with E-state index in [0.29, 0.717) is 27.6 Å². The van der Waals surface area contributed by atoms with Gasteiger partial charge < -0.3 is 4.90 Å². The van der Waals surface area contributed by atoms with E-state index in [1.807, 2.05) is 78.9 Å². The molecule has 0 radical (unpaired) electrons. The zero-order valence-electron chi connectivity index (χ0n) is 39.2. The van der Waals surface area contributed by atoms with Crippen LogP contribution in [0.25, 0.3) is 66.1 Å². The van der Waals surface area contributed by atoms with Gasteiger partial charge >= 0.3 is 0 Å². The molecule has 1 nitrogen and oxygen atoms in total. The molecule has 0 aliphatic heterocycles. The summed E-state index contributed by atoms with van der Waals surface area (Å²) in [4.78, 5) is 0.898. The zero-order chi connectivity index (χ0) is 44.4. The van der Waals surface area contributed by atoms with E-state index in [2.05, 4.69) is 0 Å². The molecular formula is C50H35N. The first-order valence-corrected chi connectivity index (χ1v) is 16.6. The number of hydrogen-bond donors (Lipinski definition) is 0. The number of fused-ring (bicyclic) bond motifs is 2. The van der Waals surface area contributed by atoms with Gasteiger partial charge in [0.15, 0.2) is 0 Å². The van der Waals surface area contributed by atoms with E-state index in [1.54, 1.807) is 60.7 Å². The summed E-state index contributed by atoms with van der Waals surface area (Å²) >= 11 is 0. The lowest BCUT2D eigenvalue weighted by Gasteiger charge is -2.27. The third-order valence-corrected chi connectivity index (χ3v) is 8.89. The molecule has 0 fully saturated rings. The van der Waals surface area contributed by atoms with Gasteiger partial charge in [-0.2, -0.15) is 0 Å². The molecule has 0 spiro atoms. The van der Waals surface area contributed by atoms with Gasteiger partial charge in [0, 0.05) is 17.1 Å². The first-order valence-electron chi connectivity index (χ1n) is 22.6. The summed E-state index contributed by atoms with van der Waals surface area (Å²) in [5.74, 6) is 0. The number of rotatable bonds is 7. The molecule has 0 bridgehead atoms. The molecule has 0 N–H and O–H groups in total. The minimum atomic E-state index is -0.722. The molecule has 0 aromatic heterocycles. The maximum atomic E-state index is 9.82. The highest BCUT2D eigenvalue weighted by Gasteiger charge is 2.17. The van der Waals surface area contributed by atoms with Gasteiger partial charge in [-0.05, 0) is 102 Å². The van der Waals surface area contributed by atoms with E-state index in [-0.39, 0.29) is 16.7 Å². The average molecular weight is 662 g/mol. The molecule has 9 aromatic rings. The number of nitrogens with zero attached hydrogens (tertiary/aromatic N) is 1. The summed E-state index contributed by atoms with van der Waals surface area (Å²) in [7, 11) is 0. The van der Waals surface area contributed by atoms with Crippen LogP contribution in [0.1, 0.15) is 16.4 Å². The van der Waals surface area contributed by atoms with Crippen molar-refractivity contribution in [2.24, 2.45) is 0 Å². The molecule has 9 aromatic carbocycles. The SMILES string of the molecule is [2H]c1c([2H])c(-c2cccc3ccccc23)c([2H])c(N(c2c([2H])c([2H])c(-c3ccccc3)c([2H])c2[2H])c2c([2H])c([2H])c(-c3ccc4ccccc4c3-c3ccccc3)c([2H])c2[2H])c1[2H]. The van der Waals surface area contributed by atoms with Crippen LogP contribution in [0.15, 0.2) is 212 Å². The Morgan fingerprint density at radius 2 is 0.902 bits per heavy atom. The van der Waals surface area contributed by atoms with Crippen molar-refractivity contribution in [2.45, 2.75) is 0 Å². The van der Waals surface area contributed by atoms with E-state index in [0.717, 1.165) is 26.6 Å². The second-order valence-corrected chi connectivity index (χ2v) is 12.0. The monoisotopic (exact) mass is 661 g/mol. The van der Waals surface area contributed by atoms with Crippen LogP contribution in [-0.4, -0.2) is 0 Å². The Labute approximate surface area is 316 Å². The van der Waals surface area contributed by atoms with Gasteiger partial charge in [-0.3, -0.25) is 0 Å². The van der Waals surface area contributed by atoms with Gasteiger partial charge in [0.1, 0.15) is 0 Å². The Hall–Kier alpha value is -6.70. The maximum Gasteiger partial charge on any atom is 0.0651 e. The average Bonchev–Trinajstić information content (AvgIpc) is 3.30. The predicted octanol–water partition coefficient (Wildman–Crippen LogP) is 14.1. The standard InChI is InChI=1S/C50H35N/c1-3-13-36(14-4-1)37-25-30-43(31-26-37)51(45-21-11-20-42(35-45)47-24-12-19-38-15-7-9-22-46(38)47)44-32-27-40(28-33-44)49-34-29-39-16-8-10-23-48(39)50(49)41-17-5-2-6-18-41/h1-35H/i11D,20D,21D,25D,26D,27D,28D,30D,31D,32D,33D,35D. The van der Waals surface area contributed by atoms with Crippen molar-refractivity contribution in [1.82, 2.24) is 0 Å². The fraction of sp³-hybridized carbons (Fsp3) is 0. The summed E-state index contributed by atoms with van der Waals surface area (Å²) in [6, 6.07) is 34.6. The Kier molecular flexibility index (Phi) is 5.24. The smallest absolute Gasteiger partial charge is 0.0651 e. The second kappa shape index (κ2) is 13.3. The minimum absolute atomic E-state index is 0.0368. The van der Waals surface area contributed by atoms with Gasteiger partial charge in [-0.25, -0.2) is 0 Å². The molecule has 9 rings (SSSR count). The first kappa shape index (κ1) is 20.1. The predicted molar refractivity (Wildman–Crippen MR) is 218 cm³/mol. The Morgan fingerprint density at radius 3 is 1.61 bits per heavy atom. The minimum Gasteiger partial charge on any atom is -0.310 e. The molecule has 0 saturated carbocycles. The third kappa shape index (κ3) is 5.86. The molecule has 0 saturated heterocycles. The van der Waals surface area contributed by atoms with Crippen LogP contribution in [0.2, 0.25) is 0 Å². The molecule has 0 atom stereocenters. The maximum absolute atomic E-state index is 9.82. The number of anilines is 3. The topological polar surface area (TPSA) is 3.24 Å². The van der Waals surface area contributed by atoms with Crippen LogP contribution in [-0.2, 0) is 0 Å². The van der Waals surface area contributed by atoms with Crippen molar-refractivity contribution < 1.29 is 16.4 Å². The van der Waals surface area contributed by atoms with Gasteiger partial charge in [0.25, 0.3) is 0 Å². The lowest BCUT2D eigenvalue weighted by Crippen LogP contribution is -2.10. The Morgan fingerprint density at radius 1 is 0.333 bits per heavy atom. The van der Waals surface area contributed by atoms with Crippen LogP contribution >= 0.6 is 0 Å². The fourth-order valence-electron chi connectivity index (χ4n) is 6.47. The molecule has 0 amide bonds. The molecule has 0 unspecified atom stereocenters. The second-order valence-electron chi connectivity index (χ2n) is 12.0. The van der Waals surface area contributed by atoms with E-state index in [9.17, 15) is 13.7 Å². The van der Waals surface area contributed by atoms with Gasteiger partial charge in [0.2, 0.25) is 0 Å². The lowest BCUT2D eigenvalue weighted by atomic mass is 9.90. The summed E-state index contributed by atoms with van der Waals surface area (Å²) in [6.07, 6.45) is 0. The van der Waals surface area contributed by atoms with Crippen molar-refractivity contribution in [3.8, 4) is 44.5 Å². The highest BCUT2D eigenvalue weighted by molar-refractivity contribution is 6.04. The summed E-state index contributed by atoms with van der Waals surface area (Å²) in [5, 5.41) is 3.09. The van der Waals surface area contributed by atoms with E-state index in [1.165, 1.54) is 0 Å². The van der Waals surface area contributed by atoms with Gasteiger partial charge in [0.05, 0.1) is 16.4 Å². The molecule has 240 valence electrons. The molecular weight excluding hydrogens is 615 g/mol. The normalized spacial score (nSPS) is 14.4. The Bertz CT molecular complexity index is 3250. The number of benzene rings is 9. The molecule has 0 aliphatic carbocycles. The number of hydrogen-bond acceptors (Lipinski definition) is 1. The van der Waals surface area contributed by atoms with Gasteiger partial charge in [-0.15, -0.1) is 0 Å². The quantitative estimate of drug-likeness (QED) is 0.164. The molecule has 1 heteroatoms.